The highest BCUT2D eigenvalue weighted by atomic mass is 32.2. The number of ketones is 1. The number of hydrogen-bond donors (Lipinski definition) is 0. The smallest absolute Gasteiger partial charge is 0.181 e. The van der Waals surface area contributed by atoms with Crippen molar-refractivity contribution in [2.45, 2.75) is 42.8 Å². The molecule has 0 spiro atoms. The summed E-state index contributed by atoms with van der Waals surface area (Å²) in [7, 11) is -3.27. The van der Waals surface area contributed by atoms with Gasteiger partial charge in [-0.15, -0.1) is 0 Å². The minimum absolute atomic E-state index is 0.105. The van der Waals surface area contributed by atoms with E-state index in [0.717, 1.165) is 0 Å². The maximum absolute atomic E-state index is 12.4. The van der Waals surface area contributed by atoms with Crippen LogP contribution < -0.4 is 0 Å². The lowest BCUT2D eigenvalue weighted by atomic mass is 9.86. The molecule has 1 aromatic carbocycles. The van der Waals surface area contributed by atoms with Gasteiger partial charge < -0.3 is 0 Å². The summed E-state index contributed by atoms with van der Waals surface area (Å²) in [5.74, 6) is 0.364. The second-order valence-electron chi connectivity index (χ2n) is 4.94. The van der Waals surface area contributed by atoms with Crippen LogP contribution in [0.25, 0.3) is 0 Å². The van der Waals surface area contributed by atoms with Crippen LogP contribution in [0.4, 0.5) is 0 Å². The Morgan fingerprint density at radius 3 is 2.22 bits per heavy atom. The third-order valence-electron chi connectivity index (χ3n) is 3.81. The molecule has 1 aromatic rings. The molecule has 0 aromatic heterocycles. The molecule has 4 heteroatoms. The number of carbonyl (C=O) groups excluding carboxylic acids is 1. The standard InChI is InChI=1S/C14H18O3S/c1-11(12-7-9-13(15)10-8-12)18(16,17)14-5-3-2-4-6-14/h2-6,11-12H,7-10H2,1H3. The number of rotatable bonds is 3. The first-order valence-electron chi connectivity index (χ1n) is 6.32. The molecule has 1 saturated carbocycles. The zero-order valence-electron chi connectivity index (χ0n) is 10.5. The minimum Gasteiger partial charge on any atom is -0.300 e. The average Bonchev–Trinajstić information content (AvgIpc) is 2.40. The van der Waals surface area contributed by atoms with Crippen molar-refractivity contribution in [2.75, 3.05) is 0 Å². The van der Waals surface area contributed by atoms with E-state index >= 15 is 0 Å². The van der Waals surface area contributed by atoms with Crippen molar-refractivity contribution in [3.05, 3.63) is 30.3 Å². The summed E-state index contributed by atoms with van der Waals surface area (Å²) in [6.45, 7) is 1.77. The van der Waals surface area contributed by atoms with Crippen molar-refractivity contribution >= 4 is 15.6 Å². The summed E-state index contributed by atoms with van der Waals surface area (Å²) >= 11 is 0. The Morgan fingerprint density at radius 1 is 1.11 bits per heavy atom. The van der Waals surface area contributed by atoms with Crippen molar-refractivity contribution in [1.82, 2.24) is 0 Å². The van der Waals surface area contributed by atoms with Crippen LogP contribution >= 0.6 is 0 Å². The third-order valence-corrected chi connectivity index (χ3v) is 6.11. The molecule has 0 aliphatic heterocycles. The second-order valence-corrected chi connectivity index (χ2v) is 7.24. The lowest BCUT2D eigenvalue weighted by molar-refractivity contribution is -0.120. The van der Waals surface area contributed by atoms with Crippen LogP contribution in [0.1, 0.15) is 32.6 Å². The number of Topliss-reactive ketones (excluding diaryl/α,β-unsaturated/α-hetero) is 1. The lowest BCUT2D eigenvalue weighted by Crippen LogP contribution is -2.30. The number of sulfone groups is 1. The van der Waals surface area contributed by atoms with Crippen LogP contribution in [0.2, 0.25) is 0 Å². The normalized spacial score (nSPS) is 19.7. The van der Waals surface area contributed by atoms with Crippen molar-refractivity contribution in [1.29, 1.82) is 0 Å². The summed E-state index contributed by atoms with van der Waals surface area (Å²) < 4.78 is 24.9. The quantitative estimate of drug-likeness (QED) is 0.845. The van der Waals surface area contributed by atoms with E-state index < -0.39 is 15.1 Å². The molecule has 1 aliphatic rings. The maximum atomic E-state index is 12.4. The molecule has 18 heavy (non-hydrogen) atoms. The van der Waals surface area contributed by atoms with Gasteiger partial charge in [-0.1, -0.05) is 18.2 Å². The molecule has 0 amide bonds. The van der Waals surface area contributed by atoms with Gasteiger partial charge >= 0.3 is 0 Å². The van der Waals surface area contributed by atoms with Gasteiger partial charge in [0.25, 0.3) is 0 Å². The van der Waals surface area contributed by atoms with E-state index in [1.54, 1.807) is 31.2 Å². The molecule has 0 saturated heterocycles. The molecule has 0 heterocycles. The van der Waals surface area contributed by atoms with Crippen LogP contribution in [-0.4, -0.2) is 19.5 Å². The largest absolute Gasteiger partial charge is 0.300 e. The van der Waals surface area contributed by atoms with Gasteiger partial charge in [0.2, 0.25) is 0 Å². The zero-order chi connectivity index (χ0) is 13.2. The molecule has 1 atom stereocenters. The fraction of sp³-hybridized carbons (Fsp3) is 0.500. The van der Waals surface area contributed by atoms with Gasteiger partial charge in [-0.3, -0.25) is 4.79 Å². The minimum atomic E-state index is -3.27. The Morgan fingerprint density at radius 2 is 1.67 bits per heavy atom. The van der Waals surface area contributed by atoms with E-state index in [1.807, 2.05) is 6.07 Å². The van der Waals surface area contributed by atoms with Crippen molar-refractivity contribution in [3.63, 3.8) is 0 Å². The van der Waals surface area contributed by atoms with Gasteiger partial charge in [0.15, 0.2) is 9.84 Å². The molecule has 2 rings (SSSR count). The molecule has 98 valence electrons. The first-order valence-corrected chi connectivity index (χ1v) is 7.87. The van der Waals surface area contributed by atoms with Crippen molar-refractivity contribution in [2.24, 2.45) is 5.92 Å². The fourth-order valence-electron chi connectivity index (χ4n) is 2.51. The van der Waals surface area contributed by atoms with Gasteiger partial charge in [0.05, 0.1) is 10.1 Å². The van der Waals surface area contributed by atoms with E-state index in [9.17, 15) is 13.2 Å². The highest BCUT2D eigenvalue weighted by Crippen LogP contribution is 2.31. The number of benzene rings is 1. The zero-order valence-corrected chi connectivity index (χ0v) is 11.3. The van der Waals surface area contributed by atoms with Crippen molar-refractivity contribution in [3.8, 4) is 0 Å². The molecular weight excluding hydrogens is 248 g/mol. The highest BCUT2D eigenvalue weighted by Gasteiger charge is 2.32. The number of carbonyl (C=O) groups is 1. The molecule has 0 bridgehead atoms. The summed E-state index contributed by atoms with van der Waals surface area (Å²) in [5, 5.41) is -0.409. The Bertz CT molecular complexity index is 509. The topological polar surface area (TPSA) is 51.2 Å². The van der Waals surface area contributed by atoms with Gasteiger partial charge in [0, 0.05) is 12.8 Å². The number of hydrogen-bond acceptors (Lipinski definition) is 3. The Kier molecular flexibility index (Phi) is 3.85. The maximum Gasteiger partial charge on any atom is 0.181 e. The predicted molar refractivity (Wildman–Crippen MR) is 70.1 cm³/mol. The molecule has 1 aliphatic carbocycles. The Balaban J connectivity index is 2.18. The molecular formula is C14H18O3S. The van der Waals surface area contributed by atoms with Gasteiger partial charge in [0.1, 0.15) is 5.78 Å². The van der Waals surface area contributed by atoms with Crippen LogP contribution in [0.3, 0.4) is 0 Å². The monoisotopic (exact) mass is 266 g/mol. The van der Waals surface area contributed by atoms with E-state index in [2.05, 4.69) is 0 Å². The first kappa shape index (κ1) is 13.3. The summed E-state index contributed by atoms with van der Waals surface area (Å²) in [5.41, 5.74) is 0. The summed E-state index contributed by atoms with van der Waals surface area (Å²) in [4.78, 5) is 11.6. The second kappa shape index (κ2) is 5.22. The van der Waals surface area contributed by atoms with E-state index in [0.29, 0.717) is 30.6 Å². The van der Waals surface area contributed by atoms with E-state index in [1.165, 1.54) is 0 Å². The summed E-state index contributed by atoms with van der Waals surface area (Å²) in [6.07, 6.45) is 2.46. The SMILES string of the molecule is CC(C1CCC(=O)CC1)S(=O)(=O)c1ccccc1. The highest BCUT2D eigenvalue weighted by molar-refractivity contribution is 7.92. The molecule has 1 fully saturated rings. The molecule has 0 radical (unpaired) electrons. The van der Waals surface area contributed by atoms with Crippen LogP contribution in [0.15, 0.2) is 35.2 Å². The van der Waals surface area contributed by atoms with Crippen LogP contribution in [0.5, 0.6) is 0 Å². The fourth-order valence-corrected chi connectivity index (χ4v) is 4.25. The van der Waals surface area contributed by atoms with E-state index in [-0.39, 0.29) is 11.7 Å². The van der Waals surface area contributed by atoms with Crippen LogP contribution in [0, 0.1) is 5.92 Å². The molecule has 3 nitrogen and oxygen atoms in total. The third kappa shape index (κ3) is 2.64. The molecule has 0 N–H and O–H groups in total. The van der Waals surface area contributed by atoms with Crippen molar-refractivity contribution < 1.29 is 13.2 Å². The lowest BCUT2D eigenvalue weighted by Gasteiger charge is -2.26. The average molecular weight is 266 g/mol. The Hall–Kier alpha value is -1.16. The Labute approximate surface area is 108 Å². The van der Waals surface area contributed by atoms with Gasteiger partial charge in [-0.05, 0) is 37.8 Å². The van der Waals surface area contributed by atoms with Gasteiger partial charge in [-0.2, -0.15) is 0 Å². The predicted octanol–water partition coefficient (Wildman–Crippen LogP) is 2.61. The first-order chi connectivity index (χ1) is 8.51. The van der Waals surface area contributed by atoms with Crippen LogP contribution in [-0.2, 0) is 14.6 Å². The summed E-state index contributed by atoms with van der Waals surface area (Å²) in [6, 6.07) is 8.57. The van der Waals surface area contributed by atoms with E-state index in [4.69, 9.17) is 0 Å². The molecule has 1 unspecified atom stereocenters. The van der Waals surface area contributed by atoms with Gasteiger partial charge in [-0.25, -0.2) is 8.42 Å².